The van der Waals surface area contributed by atoms with Gasteiger partial charge in [0.15, 0.2) is 0 Å². The Bertz CT molecular complexity index is 447. The maximum atomic E-state index is 12.0. The second-order valence-electron chi connectivity index (χ2n) is 5.02. The van der Waals surface area contributed by atoms with Gasteiger partial charge in [-0.1, -0.05) is 0 Å². The lowest BCUT2D eigenvalue weighted by Crippen LogP contribution is -2.38. The number of halogens is 1. The normalized spacial score (nSPS) is 17.1. The van der Waals surface area contributed by atoms with E-state index in [-0.39, 0.29) is 24.2 Å². The van der Waals surface area contributed by atoms with Crippen LogP contribution in [0.25, 0.3) is 0 Å². The fraction of sp³-hybridized carbons (Fsp3) is 0.571. The lowest BCUT2D eigenvalue weighted by Gasteiger charge is -2.23. The Morgan fingerprint density at radius 1 is 1.52 bits per heavy atom. The average Bonchev–Trinajstić information content (AvgIpc) is 3.14. The maximum absolute atomic E-state index is 12.0. The van der Waals surface area contributed by atoms with E-state index in [1.54, 1.807) is 6.07 Å². The van der Waals surface area contributed by atoms with Crippen molar-refractivity contribution in [2.24, 2.45) is 0 Å². The van der Waals surface area contributed by atoms with Crippen molar-refractivity contribution in [3.8, 4) is 0 Å². The van der Waals surface area contributed by atoms with E-state index in [1.807, 2.05) is 22.7 Å². The molecule has 0 aliphatic carbocycles. The van der Waals surface area contributed by atoms with Crippen LogP contribution in [-0.4, -0.2) is 49.4 Å². The van der Waals surface area contributed by atoms with Crippen LogP contribution in [0.3, 0.4) is 0 Å². The van der Waals surface area contributed by atoms with Crippen molar-refractivity contribution in [3.05, 3.63) is 22.4 Å². The molecule has 0 saturated carbocycles. The maximum Gasteiger partial charge on any atom is 0.252 e. The van der Waals surface area contributed by atoms with Gasteiger partial charge in [0.1, 0.15) is 0 Å². The van der Waals surface area contributed by atoms with Crippen molar-refractivity contribution in [1.29, 1.82) is 0 Å². The van der Waals surface area contributed by atoms with Gasteiger partial charge in [0.05, 0.1) is 0 Å². The molecule has 2 rings (SSSR count). The highest BCUT2D eigenvalue weighted by molar-refractivity contribution is 7.08. The van der Waals surface area contributed by atoms with Gasteiger partial charge < -0.3 is 15.5 Å². The summed E-state index contributed by atoms with van der Waals surface area (Å²) in [6, 6.07) is 2.12. The topological polar surface area (TPSA) is 61.4 Å². The van der Waals surface area contributed by atoms with Crippen LogP contribution < -0.4 is 10.6 Å². The zero-order valence-corrected chi connectivity index (χ0v) is 13.8. The first-order chi connectivity index (χ1) is 9.68. The molecule has 1 atom stereocenters. The van der Waals surface area contributed by atoms with Crippen LogP contribution >= 0.6 is 23.7 Å². The molecule has 21 heavy (non-hydrogen) atoms. The van der Waals surface area contributed by atoms with Crippen LogP contribution in [0.5, 0.6) is 0 Å². The van der Waals surface area contributed by atoms with Gasteiger partial charge >= 0.3 is 0 Å². The minimum absolute atomic E-state index is 0. The third-order valence-corrected chi connectivity index (χ3v) is 4.29. The van der Waals surface area contributed by atoms with Gasteiger partial charge in [-0.05, 0) is 30.8 Å². The number of likely N-dealkylation sites (N-methyl/N-ethyl adjacent to an activating group) is 1. The molecular weight excluding hydrogens is 310 g/mol. The SMILES string of the molecule is CN(C(=O)CCCNC(=O)c1ccsc1)C1CCNC1.Cl. The van der Waals surface area contributed by atoms with Gasteiger partial charge in [0.2, 0.25) is 5.91 Å². The number of hydrogen-bond donors (Lipinski definition) is 2. The molecule has 1 saturated heterocycles. The minimum Gasteiger partial charge on any atom is -0.352 e. The van der Waals surface area contributed by atoms with E-state index >= 15 is 0 Å². The van der Waals surface area contributed by atoms with Gasteiger partial charge in [-0.15, -0.1) is 12.4 Å². The molecule has 2 amide bonds. The van der Waals surface area contributed by atoms with E-state index < -0.39 is 0 Å². The molecule has 1 unspecified atom stereocenters. The molecule has 0 aromatic carbocycles. The van der Waals surface area contributed by atoms with E-state index in [0.717, 1.165) is 19.5 Å². The molecule has 0 spiro atoms. The quantitative estimate of drug-likeness (QED) is 0.777. The first-order valence-corrected chi connectivity index (χ1v) is 7.89. The number of rotatable bonds is 6. The second-order valence-corrected chi connectivity index (χ2v) is 5.80. The van der Waals surface area contributed by atoms with Crippen molar-refractivity contribution < 1.29 is 9.59 Å². The zero-order chi connectivity index (χ0) is 14.4. The number of carbonyl (C=O) groups excluding carboxylic acids is 2. The van der Waals surface area contributed by atoms with Gasteiger partial charge in [0.25, 0.3) is 5.91 Å². The van der Waals surface area contributed by atoms with E-state index in [9.17, 15) is 9.59 Å². The van der Waals surface area contributed by atoms with Crippen molar-refractivity contribution in [3.63, 3.8) is 0 Å². The predicted molar refractivity (Wildman–Crippen MR) is 87.2 cm³/mol. The minimum atomic E-state index is -0.0629. The molecule has 118 valence electrons. The Labute approximate surface area is 135 Å². The summed E-state index contributed by atoms with van der Waals surface area (Å²) >= 11 is 1.50. The van der Waals surface area contributed by atoms with Gasteiger partial charge in [-0.25, -0.2) is 0 Å². The highest BCUT2D eigenvalue weighted by Crippen LogP contribution is 2.09. The summed E-state index contributed by atoms with van der Waals surface area (Å²) in [5.74, 6) is 0.0931. The molecule has 5 nitrogen and oxygen atoms in total. The Morgan fingerprint density at radius 2 is 2.33 bits per heavy atom. The summed E-state index contributed by atoms with van der Waals surface area (Å²) in [4.78, 5) is 25.5. The number of thiophene rings is 1. The highest BCUT2D eigenvalue weighted by atomic mass is 35.5. The fourth-order valence-electron chi connectivity index (χ4n) is 2.29. The van der Waals surface area contributed by atoms with Crippen molar-refractivity contribution in [2.45, 2.75) is 25.3 Å². The number of nitrogens with zero attached hydrogens (tertiary/aromatic N) is 1. The zero-order valence-electron chi connectivity index (χ0n) is 12.1. The Hall–Kier alpha value is -1.11. The monoisotopic (exact) mass is 331 g/mol. The average molecular weight is 332 g/mol. The Morgan fingerprint density at radius 3 is 2.95 bits per heavy atom. The van der Waals surface area contributed by atoms with Crippen molar-refractivity contribution >= 4 is 35.6 Å². The summed E-state index contributed by atoms with van der Waals surface area (Å²) in [7, 11) is 1.87. The molecule has 2 N–H and O–H groups in total. The molecule has 7 heteroatoms. The van der Waals surface area contributed by atoms with Crippen molar-refractivity contribution in [2.75, 3.05) is 26.7 Å². The predicted octanol–water partition coefficient (Wildman–Crippen LogP) is 1.50. The molecular formula is C14H22ClN3O2S. The molecule has 1 aromatic rings. The molecule has 2 heterocycles. The van der Waals surface area contributed by atoms with Crippen LogP contribution in [0.15, 0.2) is 16.8 Å². The summed E-state index contributed by atoms with van der Waals surface area (Å²) in [6.07, 6.45) is 2.19. The smallest absolute Gasteiger partial charge is 0.252 e. The third kappa shape index (κ3) is 5.30. The molecule has 1 aromatic heterocycles. The van der Waals surface area contributed by atoms with Crippen LogP contribution in [0.2, 0.25) is 0 Å². The third-order valence-electron chi connectivity index (χ3n) is 3.61. The number of amides is 2. The summed E-state index contributed by atoms with van der Waals surface area (Å²) in [5.41, 5.74) is 0.690. The van der Waals surface area contributed by atoms with E-state index in [1.165, 1.54) is 11.3 Å². The lowest BCUT2D eigenvalue weighted by molar-refractivity contribution is -0.131. The lowest BCUT2D eigenvalue weighted by atomic mass is 10.2. The summed E-state index contributed by atoms with van der Waals surface area (Å²) in [5, 5.41) is 9.79. The molecule has 1 aliphatic rings. The van der Waals surface area contributed by atoms with Crippen LogP contribution in [0.4, 0.5) is 0 Å². The largest absolute Gasteiger partial charge is 0.352 e. The van der Waals surface area contributed by atoms with E-state index in [0.29, 0.717) is 31.0 Å². The molecule has 1 aliphatic heterocycles. The summed E-state index contributed by atoms with van der Waals surface area (Å²) < 4.78 is 0. The highest BCUT2D eigenvalue weighted by Gasteiger charge is 2.22. The first kappa shape index (κ1) is 17.9. The summed E-state index contributed by atoms with van der Waals surface area (Å²) in [6.45, 7) is 2.41. The van der Waals surface area contributed by atoms with Crippen LogP contribution in [0, 0.1) is 0 Å². The van der Waals surface area contributed by atoms with Gasteiger partial charge in [0, 0.05) is 43.5 Å². The standard InChI is InChI=1S/C14H21N3O2S.ClH/c1-17(12-4-7-15-9-12)13(18)3-2-6-16-14(19)11-5-8-20-10-11;/h5,8,10,12,15H,2-4,6-7,9H2,1H3,(H,16,19);1H. The number of hydrogen-bond acceptors (Lipinski definition) is 4. The van der Waals surface area contributed by atoms with Crippen molar-refractivity contribution in [1.82, 2.24) is 15.5 Å². The Balaban J connectivity index is 0.00000220. The Kier molecular flexibility index (Phi) is 7.71. The van der Waals surface area contributed by atoms with Gasteiger partial charge in [-0.3, -0.25) is 9.59 Å². The molecule has 1 fully saturated rings. The van der Waals surface area contributed by atoms with Gasteiger partial charge in [-0.2, -0.15) is 11.3 Å². The van der Waals surface area contributed by atoms with Crippen LogP contribution in [-0.2, 0) is 4.79 Å². The molecule has 0 radical (unpaired) electrons. The van der Waals surface area contributed by atoms with E-state index in [2.05, 4.69) is 10.6 Å². The van der Waals surface area contributed by atoms with Crippen LogP contribution in [0.1, 0.15) is 29.6 Å². The fourth-order valence-corrected chi connectivity index (χ4v) is 2.92. The number of carbonyl (C=O) groups is 2. The van der Waals surface area contributed by atoms with E-state index in [4.69, 9.17) is 0 Å². The second kappa shape index (κ2) is 9.02. The number of nitrogens with one attached hydrogen (secondary N) is 2. The molecule has 0 bridgehead atoms. The first-order valence-electron chi connectivity index (χ1n) is 6.95.